The second-order valence-electron chi connectivity index (χ2n) is 5.44. The average molecular weight is 357 g/mol. The van der Waals surface area contributed by atoms with Crippen molar-refractivity contribution >= 4 is 38.4 Å². The van der Waals surface area contributed by atoms with E-state index in [4.69, 9.17) is 0 Å². The van der Waals surface area contributed by atoms with Crippen LogP contribution in [0.1, 0.15) is 21.6 Å². The minimum atomic E-state index is -0.102. The molecule has 0 radical (unpaired) electrons. The van der Waals surface area contributed by atoms with Crippen LogP contribution < -0.4 is 5.32 Å². The predicted molar refractivity (Wildman–Crippen MR) is 94.5 cm³/mol. The zero-order valence-electron chi connectivity index (χ0n) is 12.8. The van der Waals surface area contributed by atoms with E-state index < -0.39 is 0 Å². The molecule has 1 aromatic heterocycles. The summed E-state index contributed by atoms with van der Waals surface area (Å²) in [6, 6.07) is 13.4. The maximum absolute atomic E-state index is 12.5. The van der Waals surface area contributed by atoms with Crippen molar-refractivity contribution in [3.63, 3.8) is 0 Å². The minimum absolute atomic E-state index is 0.102. The van der Waals surface area contributed by atoms with Gasteiger partial charge in [-0.25, -0.2) is 0 Å². The first kappa shape index (κ1) is 14.9. The van der Waals surface area contributed by atoms with Gasteiger partial charge >= 0.3 is 0 Å². The van der Waals surface area contributed by atoms with Gasteiger partial charge in [0, 0.05) is 33.7 Å². The van der Waals surface area contributed by atoms with Crippen LogP contribution in [0.15, 0.2) is 46.9 Å². The second-order valence-corrected chi connectivity index (χ2v) is 6.29. The van der Waals surface area contributed by atoms with Crippen LogP contribution in [0.2, 0.25) is 0 Å². The lowest BCUT2D eigenvalue weighted by atomic mass is 10.1. The summed E-state index contributed by atoms with van der Waals surface area (Å²) >= 11 is 3.44. The number of rotatable bonds is 2. The Labute approximate surface area is 138 Å². The zero-order valence-corrected chi connectivity index (χ0v) is 14.4. The first-order valence-electron chi connectivity index (χ1n) is 7.10. The Morgan fingerprint density at radius 3 is 2.59 bits per heavy atom. The third-order valence-corrected chi connectivity index (χ3v) is 4.88. The molecule has 3 aromatic rings. The van der Waals surface area contributed by atoms with Gasteiger partial charge in [0.1, 0.15) is 0 Å². The fourth-order valence-electron chi connectivity index (χ4n) is 2.65. The highest BCUT2D eigenvalue weighted by Gasteiger charge is 2.13. The molecule has 4 heteroatoms. The predicted octanol–water partition coefficient (Wildman–Crippen LogP) is 4.81. The van der Waals surface area contributed by atoms with E-state index in [-0.39, 0.29) is 5.91 Å². The molecule has 0 saturated carbocycles. The molecule has 0 aliphatic rings. The highest BCUT2D eigenvalue weighted by atomic mass is 79.9. The van der Waals surface area contributed by atoms with E-state index in [0.717, 1.165) is 21.1 Å². The van der Waals surface area contributed by atoms with Crippen LogP contribution in [0.25, 0.3) is 10.9 Å². The Hall–Kier alpha value is -2.07. The Morgan fingerprint density at radius 1 is 1.14 bits per heavy atom. The Morgan fingerprint density at radius 2 is 1.86 bits per heavy atom. The molecule has 0 atom stereocenters. The van der Waals surface area contributed by atoms with Crippen LogP contribution in [0.4, 0.5) is 5.69 Å². The topological polar surface area (TPSA) is 34.0 Å². The molecular formula is C18H17BrN2O. The van der Waals surface area contributed by atoms with Crippen molar-refractivity contribution in [3.8, 4) is 0 Å². The molecule has 0 saturated heterocycles. The SMILES string of the molecule is Cc1c(C)n(C)c2ccc(C(=O)Nc3ccccc3Br)cc12. The van der Waals surface area contributed by atoms with Crippen LogP contribution in [0.5, 0.6) is 0 Å². The van der Waals surface area contributed by atoms with E-state index >= 15 is 0 Å². The molecule has 3 nitrogen and oxygen atoms in total. The van der Waals surface area contributed by atoms with Crippen molar-refractivity contribution in [2.24, 2.45) is 7.05 Å². The fourth-order valence-corrected chi connectivity index (χ4v) is 3.04. The maximum Gasteiger partial charge on any atom is 0.255 e. The first-order chi connectivity index (χ1) is 10.5. The number of benzene rings is 2. The number of aryl methyl sites for hydroxylation is 2. The van der Waals surface area contributed by atoms with Crippen molar-refractivity contribution in [3.05, 3.63) is 63.8 Å². The number of fused-ring (bicyclic) bond motifs is 1. The Kier molecular flexibility index (Phi) is 3.79. The monoisotopic (exact) mass is 356 g/mol. The van der Waals surface area contributed by atoms with E-state index in [2.05, 4.69) is 39.7 Å². The van der Waals surface area contributed by atoms with Crippen molar-refractivity contribution in [2.45, 2.75) is 13.8 Å². The lowest BCUT2D eigenvalue weighted by Gasteiger charge is -2.07. The quantitative estimate of drug-likeness (QED) is 0.702. The van der Waals surface area contributed by atoms with Gasteiger partial charge < -0.3 is 9.88 Å². The summed E-state index contributed by atoms with van der Waals surface area (Å²) in [7, 11) is 2.05. The smallest absolute Gasteiger partial charge is 0.255 e. The minimum Gasteiger partial charge on any atom is -0.348 e. The number of aromatic nitrogens is 1. The summed E-state index contributed by atoms with van der Waals surface area (Å²) in [5.74, 6) is -0.102. The zero-order chi connectivity index (χ0) is 15.9. The van der Waals surface area contributed by atoms with Gasteiger partial charge in [0.2, 0.25) is 0 Å². The van der Waals surface area contributed by atoms with E-state index in [1.807, 2.05) is 49.5 Å². The molecule has 0 fully saturated rings. The fraction of sp³-hybridized carbons (Fsp3) is 0.167. The summed E-state index contributed by atoms with van der Waals surface area (Å²) in [6.45, 7) is 4.18. The number of carbonyl (C=O) groups excluding carboxylic acids is 1. The molecule has 0 spiro atoms. The van der Waals surface area contributed by atoms with Gasteiger partial charge in [0.15, 0.2) is 0 Å². The van der Waals surface area contributed by atoms with Gasteiger partial charge in [-0.05, 0) is 65.7 Å². The molecule has 2 aromatic carbocycles. The number of nitrogens with one attached hydrogen (secondary N) is 1. The number of hydrogen-bond donors (Lipinski definition) is 1. The first-order valence-corrected chi connectivity index (χ1v) is 7.90. The summed E-state index contributed by atoms with van der Waals surface area (Å²) < 4.78 is 3.02. The normalized spacial score (nSPS) is 10.9. The number of para-hydroxylation sites is 1. The molecule has 3 rings (SSSR count). The number of carbonyl (C=O) groups is 1. The second kappa shape index (κ2) is 5.61. The van der Waals surface area contributed by atoms with Gasteiger partial charge in [-0.1, -0.05) is 12.1 Å². The van der Waals surface area contributed by atoms with Crippen LogP contribution in [-0.4, -0.2) is 10.5 Å². The number of amides is 1. The molecule has 1 heterocycles. The molecule has 0 aliphatic heterocycles. The number of halogens is 1. The van der Waals surface area contributed by atoms with Crippen molar-refractivity contribution in [1.29, 1.82) is 0 Å². The molecule has 1 amide bonds. The molecule has 112 valence electrons. The van der Waals surface area contributed by atoms with E-state index in [1.165, 1.54) is 11.3 Å². The number of nitrogens with zero attached hydrogens (tertiary/aromatic N) is 1. The van der Waals surface area contributed by atoms with Crippen LogP contribution in [0.3, 0.4) is 0 Å². The summed E-state index contributed by atoms with van der Waals surface area (Å²) in [5, 5.41) is 4.06. The Balaban J connectivity index is 1.98. The number of anilines is 1. The molecule has 0 bridgehead atoms. The summed E-state index contributed by atoms with van der Waals surface area (Å²) in [5.41, 5.74) is 5.02. The maximum atomic E-state index is 12.5. The lowest BCUT2D eigenvalue weighted by molar-refractivity contribution is 0.102. The molecular weight excluding hydrogens is 340 g/mol. The highest BCUT2D eigenvalue weighted by molar-refractivity contribution is 9.10. The summed E-state index contributed by atoms with van der Waals surface area (Å²) in [4.78, 5) is 12.5. The van der Waals surface area contributed by atoms with Gasteiger partial charge in [0.05, 0.1) is 5.69 Å². The van der Waals surface area contributed by atoms with Crippen LogP contribution >= 0.6 is 15.9 Å². The van der Waals surface area contributed by atoms with Crippen molar-refractivity contribution in [2.75, 3.05) is 5.32 Å². The van der Waals surface area contributed by atoms with E-state index in [9.17, 15) is 4.79 Å². The van der Waals surface area contributed by atoms with Gasteiger partial charge in [0.25, 0.3) is 5.91 Å². The largest absolute Gasteiger partial charge is 0.348 e. The third-order valence-electron chi connectivity index (χ3n) is 4.19. The van der Waals surface area contributed by atoms with Crippen molar-refractivity contribution in [1.82, 2.24) is 4.57 Å². The molecule has 22 heavy (non-hydrogen) atoms. The van der Waals surface area contributed by atoms with Crippen molar-refractivity contribution < 1.29 is 4.79 Å². The van der Waals surface area contributed by atoms with Crippen LogP contribution in [0, 0.1) is 13.8 Å². The van der Waals surface area contributed by atoms with Gasteiger partial charge in [-0.15, -0.1) is 0 Å². The average Bonchev–Trinajstić information content (AvgIpc) is 2.74. The standard InChI is InChI=1S/C18H17BrN2O/c1-11-12(2)21(3)17-9-8-13(10-14(11)17)18(22)20-16-7-5-4-6-15(16)19/h4-10H,1-3H3,(H,20,22). The number of hydrogen-bond acceptors (Lipinski definition) is 1. The molecule has 0 unspecified atom stereocenters. The highest BCUT2D eigenvalue weighted by Crippen LogP contribution is 2.26. The Bertz CT molecular complexity index is 880. The van der Waals surface area contributed by atoms with Gasteiger partial charge in [-0.2, -0.15) is 0 Å². The lowest BCUT2D eigenvalue weighted by Crippen LogP contribution is -2.12. The van der Waals surface area contributed by atoms with E-state index in [0.29, 0.717) is 5.56 Å². The van der Waals surface area contributed by atoms with E-state index in [1.54, 1.807) is 0 Å². The summed E-state index contributed by atoms with van der Waals surface area (Å²) in [6.07, 6.45) is 0. The van der Waals surface area contributed by atoms with Crippen LogP contribution in [-0.2, 0) is 7.05 Å². The molecule has 0 aliphatic carbocycles. The third kappa shape index (κ3) is 2.44. The van der Waals surface area contributed by atoms with Gasteiger partial charge in [-0.3, -0.25) is 4.79 Å². The molecule has 1 N–H and O–H groups in total.